The molecule has 0 aliphatic heterocycles. The van der Waals surface area contributed by atoms with Crippen molar-refractivity contribution in [3.63, 3.8) is 0 Å². The Bertz CT molecular complexity index is 797. The molecule has 11 heteroatoms. The molecule has 10 nitrogen and oxygen atoms in total. The lowest BCUT2D eigenvalue weighted by molar-refractivity contribution is -0.131. The summed E-state index contributed by atoms with van der Waals surface area (Å²) in [5.74, 6) is -1.32. The molecule has 2 heterocycles. The lowest BCUT2D eigenvalue weighted by Gasteiger charge is -2.04. The summed E-state index contributed by atoms with van der Waals surface area (Å²) in [6, 6.07) is 1.27. The topological polar surface area (TPSA) is 140 Å². The van der Waals surface area contributed by atoms with Gasteiger partial charge in [0.15, 0.2) is 0 Å². The van der Waals surface area contributed by atoms with Crippen LogP contribution in [-0.4, -0.2) is 44.7 Å². The highest BCUT2D eigenvalue weighted by Gasteiger charge is 2.17. The van der Waals surface area contributed by atoms with E-state index < -0.39 is 16.0 Å². The van der Waals surface area contributed by atoms with Gasteiger partial charge in [0.25, 0.3) is 16.0 Å². The van der Waals surface area contributed by atoms with E-state index in [0.29, 0.717) is 5.56 Å². The fraction of sp³-hybridized carbons (Fsp3) is 0.100. The molecule has 0 unspecified atom stereocenters. The zero-order chi connectivity index (χ0) is 15.5. The second-order valence-corrected chi connectivity index (χ2v) is 5.52. The predicted octanol–water partition coefficient (Wildman–Crippen LogP) is -0.496. The summed E-state index contributed by atoms with van der Waals surface area (Å²) in [4.78, 5) is 15.1. The molecule has 2 N–H and O–H groups in total. The average molecular weight is 310 g/mol. The molecule has 2 rings (SSSR count). The van der Waals surface area contributed by atoms with Crippen LogP contribution >= 0.6 is 0 Å². The van der Waals surface area contributed by atoms with Crippen LogP contribution in [0.4, 0.5) is 5.95 Å². The highest BCUT2D eigenvalue weighted by atomic mass is 32.2. The number of pyridine rings is 1. The first-order chi connectivity index (χ1) is 9.87. The van der Waals surface area contributed by atoms with Crippen LogP contribution in [0.5, 0.6) is 0 Å². The second-order valence-electron chi connectivity index (χ2n) is 3.83. The van der Waals surface area contributed by atoms with Crippen molar-refractivity contribution < 1.29 is 18.3 Å². The van der Waals surface area contributed by atoms with Crippen LogP contribution in [0.3, 0.4) is 0 Å². The van der Waals surface area contributed by atoms with E-state index in [9.17, 15) is 13.2 Å². The van der Waals surface area contributed by atoms with Crippen molar-refractivity contribution in [3.8, 4) is 0 Å². The number of rotatable bonds is 5. The number of carbonyl (C=O) groups is 1. The average Bonchev–Trinajstić information content (AvgIpc) is 2.81. The number of carboxylic acids is 1. The predicted molar refractivity (Wildman–Crippen MR) is 70.5 cm³/mol. The molecule has 0 aliphatic carbocycles. The molecular weight excluding hydrogens is 300 g/mol. The number of hydrogen-bond donors (Lipinski definition) is 2. The Morgan fingerprint density at radius 2 is 2.19 bits per heavy atom. The van der Waals surface area contributed by atoms with Crippen molar-refractivity contribution in [2.45, 2.75) is 4.90 Å². The van der Waals surface area contributed by atoms with Crippen molar-refractivity contribution in [3.05, 3.63) is 30.1 Å². The number of tetrazole rings is 1. The van der Waals surface area contributed by atoms with Crippen molar-refractivity contribution in [1.29, 1.82) is 0 Å². The molecule has 0 aliphatic rings. The first-order valence-electron chi connectivity index (χ1n) is 5.50. The first-order valence-corrected chi connectivity index (χ1v) is 6.98. The number of nitrogens with zero attached hydrogens (tertiary/aromatic N) is 5. The van der Waals surface area contributed by atoms with Gasteiger partial charge < -0.3 is 5.11 Å². The van der Waals surface area contributed by atoms with Crippen LogP contribution in [0.2, 0.25) is 0 Å². The van der Waals surface area contributed by atoms with E-state index in [0.717, 1.165) is 17.1 Å². The fourth-order valence-corrected chi connectivity index (χ4v) is 2.28. The Kier molecular flexibility index (Phi) is 3.93. The van der Waals surface area contributed by atoms with Gasteiger partial charge in [0, 0.05) is 18.5 Å². The number of hydrogen-bond acceptors (Lipinski definition) is 7. The van der Waals surface area contributed by atoms with Gasteiger partial charge in [-0.2, -0.15) is 4.80 Å². The van der Waals surface area contributed by atoms with Gasteiger partial charge in [-0.15, -0.1) is 5.10 Å². The minimum absolute atomic E-state index is 0.150. The molecule has 0 fully saturated rings. The summed E-state index contributed by atoms with van der Waals surface area (Å²) in [6.07, 6.45) is 4.57. The molecule has 2 aromatic heterocycles. The maximum absolute atomic E-state index is 12.1. The third kappa shape index (κ3) is 3.82. The smallest absolute Gasteiger partial charge is 0.328 e. The van der Waals surface area contributed by atoms with Gasteiger partial charge in [0.2, 0.25) is 0 Å². The van der Waals surface area contributed by atoms with Crippen LogP contribution in [0.1, 0.15) is 5.56 Å². The number of sulfonamides is 1. The summed E-state index contributed by atoms with van der Waals surface area (Å²) < 4.78 is 26.3. The van der Waals surface area contributed by atoms with Crippen molar-refractivity contribution in [1.82, 2.24) is 25.2 Å². The Balaban J connectivity index is 2.27. The first kappa shape index (κ1) is 14.6. The Morgan fingerprint density at radius 3 is 2.81 bits per heavy atom. The van der Waals surface area contributed by atoms with E-state index in [4.69, 9.17) is 5.11 Å². The molecule has 0 bridgehead atoms. The monoisotopic (exact) mass is 310 g/mol. The number of carboxylic acid groups (broad SMARTS) is 1. The maximum atomic E-state index is 12.1. The normalized spacial score (nSPS) is 11.7. The zero-order valence-electron chi connectivity index (χ0n) is 10.7. The van der Waals surface area contributed by atoms with Crippen molar-refractivity contribution >= 4 is 28.0 Å². The summed E-state index contributed by atoms with van der Waals surface area (Å²) in [5.41, 5.74) is 0.326. The molecule has 110 valence electrons. The van der Waals surface area contributed by atoms with Gasteiger partial charge in [-0.25, -0.2) is 17.9 Å². The van der Waals surface area contributed by atoms with Crippen LogP contribution in [0.25, 0.3) is 6.08 Å². The SMILES string of the molecule is Cn1nnc(NS(=O)(=O)c2cncc(/C=C/C(=O)O)c2)n1. The van der Waals surface area contributed by atoms with Gasteiger partial charge in [0.05, 0.1) is 7.05 Å². The molecule has 0 saturated heterocycles. The van der Waals surface area contributed by atoms with Crippen molar-refractivity contribution in [2.24, 2.45) is 7.05 Å². The third-order valence-electron chi connectivity index (χ3n) is 2.20. The highest BCUT2D eigenvalue weighted by Crippen LogP contribution is 2.13. The molecule has 0 saturated carbocycles. The molecular formula is C10H10N6O4S. The minimum Gasteiger partial charge on any atom is -0.478 e. The van der Waals surface area contributed by atoms with Gasteiger partial charge in [-0.05, 0) is 22.9 Å². The minimum atomic E-state index is -3.93. The number of aliphatic carboxylic acids is 1. The van der Waals surface area contributed by atoms with E-state index >= 15 is 0 Å². The Morgan fingerprint density at radius 1 is 1.43 bits per heavy atom. The molecule has 0 spiro atoms. The molecule has 0 radical (unpaired) electrons. The van der Waals surface area contributed by atoms with Crippen LogP contribution in [0, 0.1) is 0 Å². The number of aryl methyl sites for hydroxylation is 1. The van der Waals surface area contributed by atoms with Gasteiger partial charge in [-0.1, -0.05) is 5.10 Å². The third-order valence-corrected chi connectivity index (χ3v) is 3.49. The lowest BCUT2D eigenvalue weighted by atomic mass is 10.2. The van der Waals surface area contributed by atoms with E-state index in [1.165, 1.54) is 25.4 Å². The standard InChI is InChI=1S/C10H10N6O4S/c1-16-13-10(12-15-16)14-21(19,20)8-4-7(5-11-6-8)2-3-9(17)18/h2-6H,1H3,(H,13,14)(H,17,18)/b3-2+. The van der Waals surface area contributed by atoms with Crippen LogP contribution in [0.15, 0.2) is 29.4 Å². The summed E-state index contributed by atoms with van der Waals surface area (Å²) in [5, 5.41) is 19.2. The molecule has 0 atom stereocenters. The van der Waals surface area contributed by atoms with Crippen LogP contribution in [-0.2, 0) is 21.9 Å². The van der Waals surface area contributed by atoms with E-state index in [2.05, 4.69) is 25.1 Å². The largest absolute Gasteiger partial charge is 0.478 e. The second kappa shape index (κ2) is 5.66. The summed E-state index contributed by atoms with van der Waals surface area (Å²) >= 11 is 0. The Labute approximate surface area is 119 Å². The number of nitrogens with one attached hydrogen (secondary N) is 1. The summed E-state index contributed by atoms with van der Waals surface area (Å²) in [7, 11) is -2.44. The zero-order valence-corrected chi connectivity index (χ0v) is 11.5. The molecule has 21 heavy (non-hydrogen) atoms. The molecule has 2 aromatic rings. The van der Waals surface area contributed by atoms with Gasteiger partial charge >= 0.3 is 5.97 Å². The van der Waals surface area contributed by atoms with Crippen LogP contribution < -0.4 is 4.72 Å². The summed E-state index contributed by atoms with van der Waals surface area (Å²) in [6.45, 7) is 0. The van der Waals surface area contributed by atoms with E-state index in [1.807, 2.05) is 0 Å². The van der Waals surface area contributed by atoms with Gasteiger partial charge in [-0.3, -0.25) is 4.98 Å². The van der Waals surface area contributed by atoms with E-state index in [1.54, 1.807) is 0 Å². The van der Waals surface area contributed by atoms with Gasteiger partial charge in [0.1, 0.15) is 4.90 Å². The quantitative estimate of drug-likeness (QED) is 0.704. The molecule has 0 aromatic carbocycles. The lowest BCUT2D eigenvalue weighted by Crippen LogP contribution is -2.14. The number of aromatic nitrogens is 5. The fourth-order valence-electron chi connectivity index (χ4n) is 1.35. The van der Waals surface area contributed by atoms with Crippen molar-refractivity contribution in [2.75, 3.05) is 4.72 Å². The molecule has 0 amide bonds. The number of anilines is 1. The van der Waals surface area contributed by atoms with E-state index in [-0.39, 0.29) is 10.8 Å². The Hall–Kier alpha value is -2.82. The maximum Gasteiger partial charge on any atom is 0.328 e. The highest BCUT2D eigenvalue weighted by molar-refractivity contribution is 7.92.